The number of ether oxygens (including phenoxy) is 2. The van der Waals surface area contributed by atoms with Crippen LogP contribution in [0.25, 0.3) is 11.0 Å². The third-order valence-corrected chi connectivity index (χ3v) is 4.64. The van der Waals surface area contributed by atoms with E-state index in [9.17, 15) is 18.8 Å². The van der Waals surface area contributed by atoms with Crippen LogP contribution in [0.15, 0.2) is 30.6 Å². The van der Waals surface area contributed by atoms with Gasteiger partial charge in [0.05, 0.1) is 17.1 Å². The topological polar surface area (TPSA) is 112 Å². The molecule has 1 unspecified atom stereocenters. The number of H-pyrrole nitrogens is 1. The molecular formula is C20H17F2N5O3. The molecule has 10 heteroatoms. The van der Waals surface area contributed by atoms with E-state index < -0.39 is 23.4 Å². The zero-order valence-corrected chi connectivity index (χ0v) is 15.7. The Labute approximate surface area is 169 Å². The lowest BCUT2D eigenvalue weighted by Crippen LogP contribution is -2.35. The predicted octanol–water partition coefficient (Wildman–Crippen LogP) is 3.81. The van der Waals surface area contributed by atoms with Gasteiger partial charge in [0, 0.05) is 43.4 Å². The molecule has 1 fully saturated rings. The zero-order chi connectivity index (χ0) is 21.1. The number of amides is 2. The van der Waals surface area contributed by atoms with E-state index in [0.717, 1.165) is 25.0 Å². The molecule has 154 valence electrons. The molecule has 0 bridgehead atoms. The van der Waals surface area contributed by atoms with Crippen molar-refractivity contribution in [3.05, 3.63) is 47.8 Å². The second kappa shape index (κ2) is 8.34. The zero-order valence-electron chi connectivity index (χ0n) is 15.7. The van der Waals surface area contributed by atoms with Crippen LogP contribution in [0.4, 0.5) is 19.3 Å². The van der Waals surface area contributed by atoms with Gasteiger partial charge in [-0.15, -0.1) is 0 Å². The van der Waals surface area contributed by atoms with Crippen LogP contribution in [0.5, 0.6) is 11.5 Å². The molecule has 3 N–H and O–H groups in total. The van der Waals surface area contributed by atoms with Gasteiger partial charge < -0.3 is 25.1 Å². The molecule has 1 atom stereocenters. The van der Waals surface area contributed by atoms with Gasteiger partial charge in [-0.2, -0.15) is 5.26 Å². The maximum absolute atomic E-state index is 14.5. The number of aromatic amines is 1. The number of fused-ring (bicyclic) bond motifs is 1. The molecule has 3 heterocycles. The minimum Gasteiger partial charge on any atom is -0.450 e. The normalized spacial score (nSPS) is 15.7. The van der Waals surface area contributed by atoms with Crippen LogP contribution in [-0.2, 0) is 4.74 Å². The Kier molecular flexibility index (Phi) is 5.45. The van der Waals surface area contributed by atoms with E-state index in [0.29, 0.717) is 24.2 Å². The number of carbonyl (C=O) groups excluding carboxylic acids is 1. The van der Waals surface area contributed by atoms with Crippen molar-refractivity contribution in [2.45, 2.75) is 18.9 Å². The smallest absolute Gasteiger partial charge is 0.319 e. The first kappa shape index (κ1) is 19.6. The van der Waals surface area contributed by atoms with Gasteiger partial charge >= 0.3 is 6.03 Å². The van der Waals surface area contributed by atoms with Crippen LogP contribution in [0.2, 0.25) is 0 Å². The molecule has 8 nitrogen and oxygen atoms in total. The molecule has 1 saturated heterocycles. The Bertz CT molecular complexity index is 1110. The molecule has 2 aromatic heterocycles. The van der Waals surface area contributed by atoms with Gasteiger partial charge in [0.1, 0.15) is 17.5 Å². The van der Waals surface area contributed by atoms with Gasteiger partial charge in [0.15, 0.2) is 17.4 Å². The van der Waals surface area contributed by atoms with Crippen molar-refractivity contribution in [3.63, 3.8) is 0 Å². The van der Waals surface area contributed by atoms with Gasteiger partial charge in [-0.05, 0) is 18.9 Å². The molecule has 1 aliphatic heterocycles. The molecule has 3 aromatic rings. The summed E-state index contributed by atoms with van der Waals surface area (Å²) in [6.45, 7) is 0.974. The van der Waals surface area contributed by atoms with Gasteiger partial charge in [-0.1, -0.05) is 0 Å². The number of anilines is 1. The quantitative estimate of drug-likeness (QED) is 0.589. The number of carbonyl (C=O) groups is 1. The number of halogens is 2. The van der Waals surface area contributed by atoms with E-state index in [4.69, 9.17) is 9.47 Å². The van der Waals surface area contributed by atoms with Gasteiger partial charge in [-0.3, -0.25) is 0 Å². The van der Waals surface area contributed by atoms with Crippen molar-refractivity contribution in [1.29, 1.82) is 5.26 Å². The number of hydrogen-bond donors (Lipinski definition) is 3. The molecule has 1 aliphatic rings. The Morgan fingerprint density at radius 3 is 2.90 bits per heavy atom. The van der Waals surface area contributed by atoms with Gasteiger partial charge in [0.25, 0.3) is 0 Å². The first-order valence-corrected chi connectivity index (χ1v) is 9.24. The summed E-state index contributed by atoms with van der Waals surface area (Å²) in [5.41, 5.74) is 0.516. The second-order valence-electron chi connectivity index (χ2n) is 6.69. The number of aromatic nitrogens is 2. The number of pyridine rings is 1. The number of nitrogens with zero attached hydrogens (tertiary/aromatic N) is 2. The highest BCUT2D eigenvalue weighted by atomic mass is 19.1. The average Bonchev–Trinajstić information content (AvgIpc) is 3.39. The van der Waals surface area contributed by atoms with Gasteiger partial charge in [-0.25, -0.2) is 18.6 Å². The fraction of sp³-hybridized carbons (Fsp3) is 0.250. The summed E-state index contributed by atoms with van der Waals surface area (Å²) in [4.78, 5) is 18.8. The Balaban J connectivity index is 1.50. The fourth-order valence-electron chi connectivity index (χ4n) is 3.23. The van der Waals surface area contributed by atoms with E-state index >= 15 is 0 Å². The molecule has 0 aliphatic carbocycles. The minimum absolute atomic E-state index is 0.0519. The molecule has 4 rings (SSSR count). The summed E-state index contributed by atoms with van der Waals surface area (Å²) in [7, 11) is 0. The van der Waals surface area contributed by atoms with E-state index in [1.807, 2.05) is 6.07 Å². The van der Waals surface area contributed by atoms with Gasteiger partial charge in [0.2, 0.25) is 0 Å². The van der Waals surface area contributed by atoms with E-state index in [1.165, 1.54) is 18.5 Å². The highest BCUT2D eigenvalue weighted by Crippen LogP contribution is 2.34. The number of urea groups is 1. The van der Waals surface area contributed by atoms with Crippen LogP contribution in [-0.4, -0.2) is 35.3 Å². The SMILES string of the molecule is N#Cc1c[nH]c2nccc(Oc3c(F)cc(NC(=O)NCC4CCCO4)cc3F)c12. The summed E-state index contributed by atoms with van der Waals surface area (Å²) >= 11 is 0. The average molecular weight is 413 g/mol. The highest BCUT2D eigenvalue weighted by molar-refractivity contribution is 5.90. The number of nitriles is 1. The molecule has 0 radical (unpaired) electrons. The Hall–Kier alpha value is -3.71. The minimum atomic E-state index is -1.01. The number of rotatable bonds is 5. The first-order chi connectivity index (χ1) is 14.5. The van der Waals surface area contributed by atoms with Crippen LogP contribution >= 0.6 is 0 Å². The van der Waals surface area contributed by atoms with Crippen LogP contribution < -0.4 is 15.4 Å². The number of nitrogens with one attached hydrogen (secondary N) is 3. The van der Waals surface area contributed by atoms with Crippen molar-refractivity contribution in [2.24, 2.45) is 0 Å². The van der Waals surface area contributed by atoms with Crippen LogP contribution in [0, 0.1) is 23.0 Å². The maximum atomic E-state index is 14.5. The standard InChI is InChI=1S/C20H17F2N5O3/c21-14-6-12(27-20(28)26-10-13-2-1-5-29-13)7-15(22)18(14)30-16-3-4-24-19-17(16)11(8-23)9-25-19/h3-4,6-7,9,13H,1-2,5,10H2,(H,24,25)(H2,26,27,28). The summed E-state index contributed by atoms with van der Waals surface area (Å²) in [6, 6.07) is 4.67. The maximum Gasteiger partial charge on any atom is 0.319 e. The summed E-state index contributed by atoms with van der Waals surface area (Å²) in [5, 5.41) is 14.5. The van der Waals surface area contributed by atoms with Crippen molar-refractivity contribution in [2.75, 3.05) is 18.5 Å². The van der Waals surface area contributed by atoms with Crippen molar-refractivity contribution < 1.29 is 23.0 Å². The summed E-state index contributed by atoms with van der Waals surface area (Å²) < 4.78 is 39.9. The van der Waals surface area contributed by atoms with E-state index in [2.05, 4.69) is 20.6 Å². The molecule has 30 heavy (non-hydrogen) atoms. The largest absolute Gasteiger partial charge is 0.450 e. The first-order valence-electron chi connectivity index (χ1n) is 9.24. The summed E-state index contributed by atoms with van der Waals surface area (Å²) in [6.07, 6.45) is 4.56. The third-order valence-electron chi connectivity index (χ3n) is 4.64. The van der Waals surface area contributed by atoms with Crippen molar-refractivity contribution in [3.8, 4) is 17.6 Å². The lowest BCUT2D eigenvalue weighted by molar-refractivity contribution is 0.112. The molecular weight excluding hydrogens is 396 g/mol. The Morgan fingerprint density at radius 1 is 1.40 bits per heavy atom. The lowest BCUT2D eigenvalue weighted by atomic mass is 10.2. The predicted molar refractivity (Wildman–Crippen MR) is 103 cm³/mol. The van der Waals surface area contributed by atoms with Crippen molar-refractivity contribution in [1.82, 2.24) is 15.3 Å². The molecule has 1 aromatic carbocycles. The lowest BCUT2D eigenvalue weighted by Gasteiger charge is -2.13. The van der Waals surface area contributed by atoms with E-state index in [1.54, 1.807) is 0 Å². The number of benzene rings is 1. The fourth-order valence-corrected chi connectivity index (χ4v) is 3.23. The molecule has 2 amide bonds. The van der Waals surface area contributed by atoms with E-state index in [-0.39, 0.29) is 23.1 Å². The summed E-state index contributed by atoms with van der Waals surface area (Å²) in [5.74, 6) is -2.60. The molecule has 0 spiro atoms. The molecule has 0 saturated carbocycles. The number of hydrogen-bond acceptors (Lipinski definition) is 5. The highest BCUT2D eigenvalue weighted by Gasteiger charge is 2.19. The van der Waals surface area contributed by atoms with Crippen molar-refractivity contribution >= 4 is 22.8 Å². The van der Waals surface area contributed by atoms with Crippen LogP contribution in [0.3, 0.4) is 0 Å². The Morgan fingerprint density at radius 2 is 2.20 bits per heavy atom. The van der Waals surface area contributed by atoms with Crippen LogP contribution in [0.1, 0.15) is 18.4 Å². The second-order valence-corrected chi connectivity index (χ2v) is 6.69. The third kappa shape index (κ3) is 4.01. The monoisotopic (exact) mass is 413 g/mol.